The Morgan fingerprint density at radius 1 is 1.43 bits per heavy atom. The third-order valence-corrected chi connectivity index (χ3v) is 2.23. The van der Waals surface area contributed by atoms with Gasteiger partial charge in [0, 0.05) is 6.20 Å². The maximum absolute atomic E-state index is 5.92. The highest BCUT2D eigenvalue weighted by molar-refractivity contribution is 6.35. The van der Waals surface area contributed by atoms with Crippen LogP contribution in [0.3, 0.4) is 0 Å². The van der Waals surface area contributed by atoms with Crippen LogP contribution in [-0.2, 0) is 6.54 Å². The number of rotatable bonds is 1. The molecule has 0 saturated heterocycles. The lowest BCUT2D eigenvalue weighted by Crippen LogP contribution is -1.95. The molecule has 14 heavy (non-hydrogen) atoms. The highest BCUT2D eigenvalue weighted by Gasteiger charge is 2.08. The second kappa shape index (κ2) is 3.49. The van der Waals surface area contributed by atoms with Crippen LogP contribution in [0.4, 0.5) is 0 Å². The summed E-state index contributed by atoms with van der Waals surface area (Å²) in [6.07, 6.45) is 7.02. The minimum Gasteiger partial charge on any atom is -0.332 e. The van der Waals surface area contributed by atoms with E-state index >= 15 is 0 Å². The standard InChI is InChI=1S/C9H5Cl2N3/c1-2-4-14-5-3-6-7(14)8(10)13-9(11)12-6/h1,3,5H,4H2. The first kappa shape index (κ1) is 9.32. The zero-order valence-corrected chi connectivity index (χ0v) is 8.55. The van der Waals surface area contributed by atoms with Crippen molar-refractivity contribution in [2.45, 2.75) is 6.54 Å². The molecule has 0 spiro atoms. The summed E-state index contributed by atoms with van der Waals surface area (Å²) in [7, 11) is 0. The van der Waals surface area contributed by atoms with E-state index in [1.807, 2.05) is 0 Å². The molecule has 0 fully saturated rings. The van der Waals surface area contributed by atoms with Gasteiger partial charge in [-0.1, -0.05) is 17.5 Å². The smallest absolute Gasteiger partial charge is 0.224 e. The summed E-state index contributed by atoms with van der Waals surface area (Å²) in [5, 5.41) is 0.459. The molecular weight excluding hydrogens is 221 g/mol. The van der Waals surface area contributed by atoms with Gasteiger partial charge in [0.05, 0.1) is 12.1 Å². The van der Waals surface area contributed by atoms with E-state index in [0.29, 0.717) is 22.7 Å². The molecule has 0 N–H and O–H groups in total. The van der Waals surface area contributed by atoms with Gasteiger partial charge >= 0.3 is 0 Å². The van der Waals surface area contributed by atoms with Crippen molar-refractivity contribution in [3.8, 4) is 12.3 Å². The van der Waals surface area contributed by atoms with Crippen LogP contribution in [-0.4, -0.2) is 14.5 Å². The normalized spacial score (nSPS) is 10.4. The molecule has 2 aromatic heterocycles. The Hall–Kier alpha value is -1.24. The van der Waals surface area contributed by atoms with Gasteiger partial charge < -0.3 is 4.57 Å². The Kier molecular flexibility index (Phi) is 2.32. The molecule has 0 amide bonds. The fraction of sp³-hybridized carbons (Fsp3) is 0.111. The molecule has 0 radical (unpaired) electrons. The second-order valence-corrected chi connectivity index (χ2v) is 3.36. The molecule has 5 heteroatoms. The van der Waals surface area contributed by atoms with Crippen molar-refractivity contribution in [1.82, 2.24) is 14.5 Å². The molecule has 0 saturated carbocycles. The molecular formula is C9H5Cl2N3. The molecule has 0 aromatic carbocycles. The van der Waals surface area contributed by atoms with Crippen LogP contribution in [0.15, 0.2) is 12.3 Å². The summed E-state index contributed by atoms with van der Waals surface area (Å²) >= 11 is 11.6. The van der Waals surface area contributed by atoms with E-state index in [2.05, 4.69) is 15.9 Å². The number of aromatic nitrogens is 3. The second-order valence-electron chi connectivity index (χ2n) is 2.67. The Balaban J connectivity index is 2.74. The van der Waals surface area contributed by atoms with Crippen LogP contribution < -0.4 is 0 Å². The van der Waals surface area contributed by atoms with Gasteiger partial charge in [-0.05, 0) is 17.7 Å². The highest BCUT2D eigenvalue weighted by Crippen LogP contribution is 2.22. The van der Waals surface area contributed by atoms with Gasteiger partial charge in [-0.25, -0.2) is 9.97 Å². The number of terminal acetylenes is 1. The van der Waals surface area contributed by atoms with Gasteiger partial charge in [-0.15, -0.1) is 6.42 Å². The first-order valence-electron chi connectivity index (χ1n) is 3.83. The number of halogens is 2. The van der Waals surface area contributed by atoms with Crippen molar-refractivity contribution in [1.29, 1.82) is 0 Å². The molecule has 0 aliphatic heterocycles. The summed E-state index contributed by atoms with van der Waals surface area (Å²) in [4.78, 5) is 7.87. The zero-order chi connectivity index (χ0) is 10.1. The van der Waals surface area contributed by atoms with Crippen LogP contribution in [0.5, 0.6) is 0 Å². The molecule has 0 aliphatic carbocycles. The lowest BCUT2D eigenvalue weighted by molar-refractivity contribution is 0.883. The summed E-state index contributed by atoms with van der Waals surface area (Å²) in [5.74, 6) is 2.52. The Morgan fingerprint density at radius 2 is 2.21 bits per heavy atom. The lowest BCUT2D eigenvalue weighted by Gasteiger charge is -2.00. The van der Waals surface area contributed by atoms with Gasteiger partial charge in [-0.3, -0.25) is 0 Å². The molecule has 3 nitrogen and oxygen atoms in total. The van der Waals surface area contributed by atoms with E-state index < -0.39 is 0 Å². The number of nitrogens with zero attached hydrogens (tertiary/aromatic N) is 3. The molecule has 2 rings (SSSR count). The van der Waals surface area contributed by atoms with Crippen molar-refractivity contribution in [2.75, 3.05) is 0 Å². The zero-order valence-electron chi connectivity index (χ0n) is 7.04. The van der Waals surface area contributed by atoms with Crippen LogP contribution in [0.25, 0.3) is 11.0 Å². The SMILES string of the molecule is C#CCn1ccc2nc(Cl)nc(Cl)c21. The summed E-state index contributed by atoms with van der Waals surface area (Å²) in [6, 6.07) is 1.80. The summed E-state index contributed by atoms with van der Waals surface area (Å²) in [6.45, 7) is 0.439. The monoisotopic (exact) mass is 225 g/mol. The average molecular weight is 226 g/mol. The summed E-state index contributed by atoms with van der Waals surface area (Å²) in [5.41, 5.74) is 1.42. The lowest BCUT2D eigenvalue weighted by atomic mass is 10.4. The molecule has 0 unspecified atom stereocenters. The van der Waals surface area contributed by atoms with E-state index in [0.717, 1.165) is 0 Å². The molecule has 70 valence electrons. The summed E-state index contributed by atoms with van der Waals surface area (Å²) < 4.78 is 1.80. The van der Waals surface area contributed by atoms with Gasteiger partial charge in [0.1, 0.15) is 5.52 Å². The fourth-order valence-corrected chi connectivity index (χ4v) is 1.77. The number of hydrogen-bond donors (Lipinski definition) is 0. The quantitative estimate of drug-likeness (QED) is 0.424. The van der Waals surface area contributed by atoms with Crippen LogP contribution in [0.2, 0.25) is 10.4 Å². The molecule has 2 heterocycles. The minimum atomic E-state index is 0.140. The van der Waals surface area contributed by atoms with E-state index in [9.17, 15) is 0 Å². The number of hydrogen-bond acceptors (Lipinski definition) is 2. The van der Waals surface area contributed by atoms with E-state index in [4.69, 9.17) is 29.6 Å². The molecule has 0 aliphatic rings. The molecule has 0 atom stereocenters. The fourth-order valence-electron chi connectivity index (χ4n) is 1.26. The Labute approximate surface area is 90.7 Å². The van der Waals surface area contributed by atoms with Gasteiger partial charge in [0.15, 0.2) is 5.15 Å². The maximum atomic E-state index is 5.92. The van der Waals surface area contributed by atoms with Crippen LogP contribution in [0, 0.1) is 12.3 Å². The van der Waals surface area contributed by atoms with Gasteiger partial charge in [0.2, 0.25) is 5.28 Å². The largest absolute Gasteiger partial charge is 0.332 e. The van der Waals surface area contributed by atoms with Gasteiger partial charge in [0.25, 0.3) is 0 Å². The van der Waals surface area contributed by atoms with Gasteiger partial charge in [-0.2, -0.15) is 0 Å². The van der Waals surface area contributed by atoms with E-state index in [1.165, 1.54) is 0 Å². The Morgan fingerprint density at radius 3 is 2.93 bits per heavy atom. The number of fused-ring (bicyclic) bond motifs is 1. The van der Waals surface area contributed by atoms with E-state index in [1.54, 1.807) is 16.8 Å². The first-order valence-corrected chi connectivity index (χ1v) is 4.59. The van der Waals surface area contributed by atoms with Crippen molar-refractivity contribution in [2.24, 2.45) is 0 Å². The average Bonchev–Trinajstić information content (AvgIpc) is 2.49. The topological polar surface area (TPSA) is 30.7 Å². The van der Waals surface area contributed by atoms with Crippen molar-refractivity contribution < 1.29 is 0 Å². The van der Waals surface area contributed by atoms with Crippen molar-refractivity contribution >= 4 is 34.2 Å². The third-order valence-electron chi connectivity index (χ3n) is 1.80. The predicted molar refractivity (Wildman–Crippen MR) is 56.4 cm³/mol. The van der Waals surface area contributed by atoms with Crippen molar-refractivity contribution in [3.63, 3.8) is 0 Å². The van der Waals surface area contributed by atoms with Crippen molar-refractivity contribution in [3.05, 3.63) is 22.7 Å². The minimum absolute atomic E-state index is 0.140. The first-order chi connectivity index (χ1) is 6.72. The van der Waals surface area contributed by atoms with Crippen LogP contribution >= 0.6 is 23.2 Å². The maximum Gasteiger partial charge on any atom is 0.224 e. The van der Waals surface area contributed by atoms with E-state index in [-0.39, 0.29) is 5.28 Å². The Bertz CT molecular complexity index is 525. The highest BCUT2D eigenvalue weighted by atomic mass is 35.5. The molecule has 0 bridgehead atoms. The third kappa shape index (κ3) is 1.43. The predicted octanol–water partition coefficient (Wildman–Crippen LogP) is 2.37. The molecule has 2 aromatic rings. The van der Waals surface area contributed by atoms with Crippen LogP contribution in [0.1, 0.15) is 0 Å².